The molecule has 0 bridgehead atoms. The first-order valence-corrected chi connectivity index (χ1v) is 7.05. The topological polar surface area (TPSA) is 46.4 Å². The fourth-order valence-corrected chi connectivity index (χ4v) is 2.64. The minimum Gasteiger partial charge on any atom is -0.391 e. The van der Waals surface area contributed by atoms with Crippen molar-refractivity contribution in [1.29, 1.82) is 0 Å². The Morgan fingerprint density at radius 3 is 2.80 bits per heavy atom. The van der Waals surface area contributed by atoms with Crippen molar-refractivity contribution in [3.8, 4) is 0 Å². The fourth-order valence-electron chi connectivity index (χ4n) is 2.64. The molecule has 1 heterocycles. The van der Waals surface area contributed by atoms with Crippen LogP contribution in [-0.2, 0) is 18.3 Å². The minimum atomic E-state index is -0.388. The van der Waals surface area contributed by atoms with Crippen molar-refractivity contribution in [3.63, 3.8) is 0 Å². The molecule has 20 heavy (non-hydrogen) atoms. The lowest BCUT2D eigenvalue weighted by atomic mass is 10.1. The normalized spacial score (nSPS) is 13.0. The van der Waals surface area contributed by atoms with Gasteiger partial charge in [-0.25, -0.2) is 0 Å². The van der Waals surface area contributed by atoms with Crippen molar-refractivity contribution < 1.29 is 9.84 Å². The van der Waals surface area contributed by atoms with Gasteiger partial charge >= 0.3 is 0 Å². The zero-order valence-electron chi connectivity index (χ0n) is 12.5. The van der Waals surface area contributed by atoms with Gasteiger partial charge in [0.25, 0.3) is 0 Å². The highest BCUT2D eigenvalue weighted by atomic mass is 16.5. The maximum atomic E-state index is 9.60. The molecule has 1 aromatic heterocycles. The Morgan fingerprint density at radius 1 is 1.35 bits per heavy atom. The number of nitrogens with zero attached hydrogens (tertiary/aromatic N) is 1. The number of hydrogen-bond acceptors (Lipinski definition) is 3. The largest absolute Gasteiger partial charge is 0.391 e. The molecule has 4 nitrogen and oxygen atoms in total. The number of fused-ring (bicyclic) bond motifs is 1. The Labute approximate surface area is 120 Å². The molecule has 1 aromatic carbocycles. The number of hydrogen-bond donors (Lipinski definition) is 2. The summed E-state index contributed by atoms with van der Waals surface area (Å²) in [5.74, 6) is 0. The molecule has 0 radical (unpaired) electrons. The molecular formula is C16H24N2O2. The van der Waals surface area contributed by atoms with E-state index in [1.807, 2.05) is 0 Å². The van der Waals surface area contributed by atoms with Gasteiger partial charge in [0.2, 0.25) is 0 Å². The van der Waals surface area contributed by atoms with Gasteiger partial charge in [0.1, 0.15) is 0 Å². The average molecular weight is 276 g/mol. The summed E-state index contributed by atoms with van der Waals surface area (Å²) in [6, 6.07) is 8.46. The predicted molar refractivity (Wildman–Crippen MR) is 81.9 cm³/mol. The quantitative estimate of drug-likeness (QED) is 0.760. The number of aromatic nitrogens is 1. The first kappa shape index (κ1) is 15.0. The third-order valence-electron chi connectivity index (χ3n) is 3.81. The van der Waals surface area contributed by atoms with Crippen molar-refractivity contribution in [3.05, 3.63) is 35.5 Å². The zero-order valence-corrected chi connectivity index (χ0v) is 12.5. The van der Waals surface area contributed by atoms with Gasteiger partial charge < -0.3 is 19.7 Å². The molecule has 2 aromatic rings. The summed E-state index contributed by atoms with van der Waals surface area (Å²) >= 11 is 0. The van der Waals surface area contributed by atoms with Gasteiger partial charge in [0.15, 0.2) is 0 Å². The Balaban J connectivity index is 1.97. The maximum Gasteiger partial charge on any atom is 0.0785 e. The van der Waals surface area contributed by atoms with Crippen LogP contribution in [0.5, 0.6) is 0 Å². The summed E-state index contributed by atoms with van der Waals surface area (Å²) < 4.78 is 7.15. The third-order valence-corrected chi connectivity index (χ3v) is 3.81. The summed E-state index contributed by atoms with van der Waals surface area (Å²) in [7, 11) is 3.71. The fraction of sp³-hybridized carbons (Fsp3) is 0.500. The second-order valence-electron chi connectivity index (χ2n) is 5.22. The molecule has 0 saturated heterocycles. The standard InChI is InChI=1S/C16H24N2O2/c1-12-14-6-4-5-7-15(14)18(2)16(12)10-17-9-8-13(19)11-20-3/h4-7,13,17,19H,8-11H2,1-3H3. The van der Waals surface area contributed by atoms with Crippen molar-refractivity contribution in [1.82, 2.24) is 9.88 Å². The highest BCUT2D eigenvalue weighted by Gasteiger charge is 2.10. The lowest BCUT2D eigenvalue weighted by Gasteiger charge is -2.11. The number of aliphatic hydroxyl groups is 1. The molecular weight excluding hydrogens is 252 g/mol. The van der Waals surface area contributed by atoms with E-state index in [4.69, 9.17) is 4.74 Å². The maximum absolute atomic E-state index is 9.60. The van der Waals surface area contributed by atoms with Crippen LogP contribution in [0.3, 0.4) is 0 Å². The van der Waals surface area contributed by atoms with E-state index in [-0.39, 0.29) is 6.10 Å². The van der Waals surface area contributed by atoms with Crippen molar-refractivity contribution in [2.24, 2.45) is 7.05 Å². The van der Waals surface area contributed by atoms with Crippen LogP contribution in [0.15, 0.2) is 24.3 Å². The predicted octanol–water partition coefficient (Wildman–Crippen LogP) is 1.97. The second kappa shape index (κ2) is 6.88. The van der Waals surface area contributed by atoms with Gasteiger partial charge in [0.05, 0.1) is 12.7 Å². The van der Waals surface area contributed by atoms with Crippen molar-refractivity contribution in [2.45, 2.75) is 26.0 Å². The van der Waals surface area contributed by atoms with Crippen LogP contribution >= 0.6 is 0 Å². The number of nitrogens with one attached hydrogen (secondary N) is 1. The van der Waals surface area contributed by atoms with Crippen LogP contribution in [0.1, 0.15) is 17.7 Å². The SMILES string of the molecule is COCC(O)CCNCc1c(C)c2ccccc2n1C. The van der Waals surface area contributed by atoms with Gasteiger partial charge in [-0.05, 0) is 31.5 Å². The summed E-state index contributed by atoms with van der Waals surface area (Å²) in [5.41, 5.74) is 3.89. The van der Waals surface area contributed by atoms with Crippen LogP contribution in [0.4, 0.5) is 0 Å². The van der Waals surface area contributed by atoms with Gasteiger partial charge in [-0.2, -0.15) is 0 Å². The van der Waals surface area contributed by atoms with Crippen LogP contribution in [0.2, 0.25) is 0 Å². The number of rotatable bonds is 7. The molecule has 0 fully saturated rings. The Morgan fingerprint density at radius 2 is 2.10 bits per heavy atom. The molecule has 1 atom stereocenters. The smallest absolute Gasteiger partial charge is 0.0785 e. The van der Waals surface area contributed by atoms with E-state index in [1.165, 1.54) is 22.2 Å². The minimum absolute atomic E-state index is 0.388. The number of ether oxygens (including phenoxy) is 1. The molecule has 0 aliphatic carbocycles. The highest BCUT2D eigenvalue weighted by molar-refractivity contribution is 5.85. The van der Waals surface area contributed by atoms with Gasteiger partial charge in [-0.1, -0.05) is 18.2 Å². The summed E-state index contributed by atoms with van der Waals surface area (Å²) in [6.07, 6.45) is 0.317. The molecule has 0 saturated carbocycles. The Hall–Kier alpha value is -1.36. The van der Waals surface area contributed by atoms with Gasteiger partial charge in [-0.15, -0.1) is 0 Å². The molecule has 0 aliphatic heterocycles. The molecule has 2 rings (SSSR count). The first-order valence-electron chi connectivity index (χ1n) is 7.05. The van der Waals surface area contributed by atoms with E-state index in [0.717, 1.165) is 13.1 Å². The third kappa shape index (κ3) is 3.20. The molecule has 1 unspecified atom stereocenters. The van der Waals surface area contributed by atoms with Crippen molar-refractivity contribution >= 4 is 10.9 Å². The highest BCUT2D eigenvalue weighted by Crippen LogP contribution is 2.24. The number of para-hydroxylation sites is 1. The zero-order chi connectivity index (χ0) is 14.5. The van der Waals surface area contributed by atoms with E-state index in [9.17, 15) is 5.11 Å². The molecule has 2 N–H and O–H groups in total. The number of methoxy groups -OCH3 is 1. The molecule has 110 valence electrons. The van der Waals surface area contributed by atoms with E-state index in [0.29, 0.717) is 13.0 Å². The van der Waals surface area contributed by atoms with E-state index < -0.39 is 0 Å². The molecule has 0 amide bonds. The summed E-state index contributed by atoms with van der Waals surface area (Å²) in [4.78, 5) is 0. The molecule has 4 heteroatoms. The van der Waals surface area contributed by atoms with E-state index in [2.05, 4.69) is 48.1 Å². The first-order chi connectivity index (χ1) is 9.65. The van der Waals surface area contributed by atoms with E-state index >= 15 is 0 Å². The van der Waals surface area contributed by atoms with Crippen LogP contribution in [0, 0.1) is 6.92 Å². The molecule has 0 spiro atoms. The number of benzene rings is 1. The van der Waals surface area contributed by atoms with E-state index in [1.54, 1.807) is 7.11 Å². The lowest BCUT2D eigenvalue weighted by molar-refractivity contribution is 0.0594. The number of aryl methyl sites for hydroxylation is 2. The summed E-state index contributed by atoms with van der Waals surface area (Å²) in [5, 5.41) is 14.3. The van der Waals surface area contributed by atoms with Crippen LogP contribution < -0.4 is 5.32 Å². The second-order valence-corrected chi connectivity index (χ2v) is 5.22. The van der Waals surface area contributed by atoms with Gasteiger partial charge in [-0.3, -0.25) is 0 Å². The average Bonchev–Trinajstić information content (AvgIpc) is 2.69. The Bertz CT molecular complexity index is 524. The molecule has 0 aliphatic rings. The lowest BCUT2D eigenvalue weighted by Crippen LogP contribution is -2.24. The van der Waals surface area contributed by atoms with Crippen LogP contribution in [-0.4, -0.2) is 36.0 Å². The van der Waals surface area contributed by atoms with Gasteiger partial charge in [0, 0.05) is 37.3 Å². The number of aliphatic hydroxyl groups excluding tert-OH is 1. The monoisotopic (exact) mass is 276 g/mol. The Kier molecular flexibility index (Phi) is 5.17. The van der Waals surface area contributed by atoms with Crippen molar-refractivity contribution in [2.75, 3.05) is 20.3 Å². The summed E-state index contributed by atoms with van der Waals surface area (Å²) in [6.45, 7) is 4.16. The van der Waals surface area contributed by atoms with Crippen LogP contribution in [0.25, 0.3) is 10.9 Å².